The molecule has 1 heterocycles. The standard InChI is InChI=1S/C9H9N5O4S2/c1-5-11-9(19-12-5)13-20(17,18)6-2-3-7(10)8(4-6)14(15)16/h2-4H,10H2,1H3,(H,11,12,13). The van der Waals surface area contributed by atoms with Crippen molar-refractivity contribution in [1.29, 1.82) is 0 Å². The molecule has 1 aromatic carbocycles. The minimum absolute atomic E-state index is 0.0852. The zero-order valence-corrected chi connectivity index (χ0v) is 11.7. The SMILES string of the molecule is Cc1nsc(NS(=O)(=O)c2ccc(N)c([N+](=O)[O-])c2)n1. The number of nitro groups is 1. The molecule has 1 aromatic heterocycles. The number of nitrogens with two attached hydrogens (primary N) is 1. The zero-order chi connectivity index (χ0) is 14.9. The van der Waals surface area contributed by atoms with Crippen molar-refractivity contribution in [2.45, 2.75) is 11.8 Å². The molecule has 0 fully saturated rings. The summed E-state index contributed by atoms with van der Waals surface area (Å²) in [5.74, 6) is 0.427. The van der Waals surface area contributed by atoms with Crippen LogP contribution in [0.2, 0.25) is 0 Å². The van der Waals surface area contributed by atoms with Crippen molar-refractivity contribution < 1.29 is 13.3 Å². The van der Waals surface area contributed by atoms with Gasteiger partial charge in [0.15, 0.2) is 0 Å². The summed E-state index contributed by atoms with van der Waals surface area (Å²) in [6.45, 7) is 1.61. The molecule has 0 aliphatic carbocycles. The van der Waals surface area contributed by atoms with Crippen molar-refractivity contribution in [2.24, 2.45) is 0 Å². The normalized spacial score (nSPS) is 11.2. The first-order valence-corrected chi connectivity index (χ1v) is 7.42. The zero-order valence-electron chi connectivity index (χ0n) is 10.1. The van der Waals surface area contributed by atoms with Crippen LogP contribution in [0.15, 0.2) is 23.1 Å². The number of nitrogen functional groups attached to an aromatic ring is 1. The molecule has 0 radical (unpaired) electrons. The number of sulfonamides is 1. The smallest absolute Gasteiger partial charge is 0.293 e. The molecular weight excluding hydrogens is 306 g/mol. The van der Waals surface area contributed by atoms with Crippen LogP contribution >= 0.6 is 11.5 Å². The molecule has 3 N–H and O–H groups in total. The minimum atomic E-state index is -3.97. The van der Waals surface area contributed by atoms with Crippen molar-refractivity contribution in [3.63, 3.8) is 0 Å². The van der Waals surface area contributed by atoms with Crippen LogP contribution in [0.4, 0.5) is 16.5 Å². The summed E-state index contributed by atoms with van der Waals surface area (Å²) in [5.41, 5.74) is 4.83. The second-order valence-electron chi connectivity index (χ2n) is 3.73. The Balaban J connectivity index is 2.39. The first-order valence-electron chi connectivity index (χ1n) is 5.16. The summed E-state index contributed by atoms with van der Waals surface area (Å²) in [6.07, 6.45) is 0. The first-order chi connectivity index (χ1) is 9.29. The fourth-order valence-electron chi connectivity index (χ4n) is 1.36. The summed E-state index contributed by atoms with van der Waals surface area (Å²) in [6, 6.07) is 3.24. The van der Waals surface area contributed by atoms with Gasteiger partial charge >= 0.3 is 0 Å². The van der Waals surface area contributed by atoms with Crippen LogP contribution in [-0.4, -0.2) is 22.7 Å². The van der Waals surface area contributed by atoms with Gasteiger partial charge in [-0.25, -0.2) is 13.4 Å². The van der Waals surface area contributed by atoms with Gasteiger partial charge in [0.25, 0.3) is 15.7 Å². The molecule has 2 aromatic rings. The van der Waals surface area contributed by atoms with Gasteiger partial charge in [0, 0.05) is 17.6 Å². The molecule has 0 aliphatic heterocycles. The molecule has 11 heteroatoms. The van der Waals surface area contributed by atoms with E-state index in [9.17, 15) is 18.5 Å². The molecule has 0 saturated carbocycles. The largest absolute Gasteiger partial charge is 0.393 e. The van der Waals surface area contributed by atoms with Crippen LogP contribution < -0.4 is 10.5 Å². The summed E-state index contributed by atoms with van der Waals surface area (Å²) >= 11 is 0.875. The van der Waals surface area contributed by atoms with Crippen molar-refractivity contribution in [2.75, 3.05) is 10.5 Å². The minimum Gasteiger partial charge on any atom is -0.393 e. The van der Waals surface area contributed by atoms with Crippen LogP contribution in [0.3, 0.4) is 0 Å². The van der Waals surface area contributed by atoms with Crippen LogP contribution in [0.1, 0.15) is 5.82 Å². The third kappa shape index (κ3) is 2.83. The van der Waals surface area contributed by atoms with E-state index in [0.29, 0.717) is 5.82 Å². The third-order valence-corrected chi connectivity index (χ3v) is 4.45. The Hall–Kier alpha value is -2.27. The van der Waals surface area contributed by atoms with Crippen LogP contribution in [0.25, 0.3) is 0 Å². The Morgan fingerprint density at radius 3 is 2.70 bits per heavy atom. The van der Waals surface area contributed by atoms with Gasteiger partial charge in [-0.2, -0.15) is 4.37 Å². The highest BCUT2D eigenvalue weighted by atomic mass is 32.2. The summed E-state index contributed by atoms with van der Waals surface area (Å²) in [5, 5.41) is 10.8. The van der Waals surface area contributed by atoms with Crippen molar-refractivity contribution in [3.8, 4) is 0 Å². The van der Waals surface area contributed by atoms with Gasteiger partial charge in [-0.15, -0.1) is 0 Å². The second-order valence-corrected chi connectivity index (χ2v) is 6.16. The van der Waals surface area contributed by atoms with E-state index in [-0.39, 0.29) is 15.7 Å². The fraction of sp³-hybridized carbons (Fsp3) is 0.111. The van der Waals surface area contributed by atoms with Crippen molar-refractivity contribution in [3.05, 3.63) is 34.1 Å². The van der Waals surface area contributed by atoms with Gasteiger partial charge in [-0.3, -0.25) is 14.8 Å². The van der Waals surface area contributed by atoms with Gasteiger partial charge in [0.2, 0.25) is 5.13 Å². The van der Waals surface area contributed by atoms with E-state index in [1.54, 1.807) is 6.92 Å². The van der Waals surface area contributed by atoms with Crippen molar-refractivity contribution in [1.82, 2.24) is 9.36 Å². The predicted octanol–water partition coefficient (Wildman–Crippen LogP) is 1.14. The van der Waals surface area contributed by atoms with E-state index in [0.717, 1.165) is 23.7 Å². The number of benzene rings is 1. The number of nitrogens with one attached hydrogen (secondary N) is 1. The van der Waals surface area contributed by atoms with Crippen LogP contribution in [-0.2, 0) is 10.0 Å². The maximum absolute atomic E-state index is 12.1. The average molecular weight is 315 g/mol. The molecule has 2 rings (SSSR count). The Bertz CT molecular complexity index is 770. The van der Waals surface area contributed by atoms with Gasteiger partial charge in [0.1, 0.15) is 11.5 Å². The number of anilines is 2. The van der Waals surface area contributed by atoms with E-state index < -0.39 is 20.6 Å². The molecular formula is C9H9N5O4S2. The lowest BCUT2D eigenvalue weighted by atomic mass is 10.3. The monoisotopic (exact) mass is 315 g/mol. The lowest BCUT2D eigenvalue weighted by Crippen LogP contribution is -2.13. The summed E-state index contributed by atoms with van der Waals surface area (Å²) in [7, 11) is -3.97. The number of nitrogens with zero attached hydrogens (tertiary/aromatic N) is 3. The van der Waals surface area contributed by atoms with E-state index in [2.05, 4.69) is 14.1 Å². The Labute approximate surface area is 117 Å². The highest BCUT2D eigenvalue weighted by molar-refractivity contribution is 7.93. The number of hydrogen-bond acceptors (Lipinski definition) is 8. The van der Waals surface area contributed by atoms with Crippen LogP contribution in [0, 0.1) is 17.0 Å². The molecule has 20 heavy (non-hydrogen) atoms. The molecule has 9 nitrogen and oxygen atoms in total. The Morgan fingerprint density at radius 2 is 2.15 bits per heavy atom. The van der Waals surface area contributed by atoms with Crippen molar-refractivity contribution >= 4 is 38.1 Å². The molecule has 0 unspecified atom stereocenters. The summed E-state index contributed by atoms with van der Waals surface area (Å²) in [4.78, 5) is 13.6. The molecule has 0 amide bonds. The molecule has 0 saturated heterocycles. The highest BCUT2D eigenvalue weighted by Crippen LogP contribution is 2.26. The van der Waals surface area contributed by atoms with Gasteiger partial charge in [-0.05, 0) is 19.1 Å². The molecule has 0 spiro atoms. The fourth-order valence-corrected chi connectivity index (χ4v) is 3.18. The second kappa shape index (κ2) is 5.02. The van der Waals surface area contributed by atoms with E-state index in [1.807, 2.05) is 0 Å². The number of hydrogen-bond donors (Lipinski definition) is 2. The maximum atomic E-state index is 12.1. The number of aromatic nitrogens is 2. The molecule has 0 bridgehead atoms. The molecule has 0 aliphatic rings. The first kappa shape index (κ1) is 14.1. The highest BCUT2D eigenvalue weighted by Gasteiger charge is 2.21. The van der Waals surface area contributed by atoms with Crippen LogP contribution in [0.5, 0.6) is 0 Å². The lowest BCUT2D eigenvalue weighted by Gasteiger charge is -2.05. The molecule has 0 atom stereocenters. The van der Waals surface area contributed by atoms with Gasteiger partial charge in [-0.1, -0.05) is 0 Å². The molecule has 106 valence electrons. The topological polar surface area (TPSA) is 141 Å². The van der Waals surface area contributed by atoms with Gasteiger partial charge < -0.3 is 5.73 Å². The van der Waals surface area contributed by atoms with E-state index in [1.165, 1.54) is 6.07 Å². The number of rotatable bonds is 4. The number of aryl methyl sites for hydroxylation is 1. The maximum Gasteiger partial charge on any atom is 0.293 e. The Morgan fingerprint density at radius 1 is 1.45 bits per heavy atom. The lowest BCUT2D eigenvalue weighted by molar-refractivity contribution is -0.384. The van der Waals surface area contributed by atoms with E-state index in [4.69, 9.17) is 5.73 Å². The average Bonchev–Trinajstić information content (AvgIpc) is 2.73. The summed E-state index contributed by atoms with van der Waals surface area (Å²) < 4.78 is 30.1. The van der Waals surface area contributed by atoms with E-state index >= 15 is 0 Å². The number of nitro benzene ring substituents is 1. The Kier molecular flexibility index (Phi) is 3.55. The van der Waals surface area contributed by atoms with Gasteiger partial charge in [0.05, 0.1) is 9.82 Å². The third-order valence-electron chi connectivity index (χ3n) is 2.26. The predicted molar refractivity (Wildman–Crippen MR) is 73.0 cm³/mol. The quantitative estimate of drug-likeness (QED) is 0.489.